The van der Waals surface area contributed by atoms with Gasteiger partial charge in [-0.15, -0.1) is 0 Å². The van der Waals surface area contributed by atoms with Crippen LogP contribution in [-0.2, 0) is 0 Å². The van der Waals surface area contributed by atoms with Crippen LogP contribution >= 0.6 is 0 Å². The van der Waals surface area contributed by atoms with Crippen molar-refractivity contribution in [2.45, 2.75) is 13.8 Å². The highest BCUT2D eigenvalue weighted by molar-refractivity contribution is 5.96. The number of nitrogens with zero attached hydrogens (tertiary/aromatic N) is 5. The van der Waals surface area contributed by atoms with E-state index in [-0.39, 0.29) is 0 Å². The lowest BCUT2D eigenvalue weighted by molar-refractivity contribution is 1.23. The van der Waals surface area contributed by atoms with E-state index >= 15 is 0 Å². The molecule has 7 aromatic rings. The average Bonchev–Trinajstić information content (AvgIpc) is 3.31. The first-order valence-corrected chi connectivity index (χ1v) is 11.7. The third-order valence-electron chi connectivity index (χ3n) is 6.04. The van der Waals surface area contributed by atoms with E-state index in [0.717, 1.165) is 38.5 Å². The SMILES string of the molecule is Cc1ccccc1C.Nc1nccc2ncccc12.c1ccc2c(c1)nc1c3cccnc3ccn21. The van der Waals surface area contributed by atoms with Gasteiger partial charge in [-0.05, 0) is 73.5 Å². The van der Waals surface area contributed by atoms with Crippen molar-refractivity contribution >= 4 is 44.3 Å². The van der Waals surface area contributed by atoms with Gasteiger partial charge in [-0.1, -0.05) is 36.4 Å². The molecule has 0 unspecified atom stereocenters. The van der Waals surface area contributed by atoms with Gasteiger partial charge in [0.1, 0.15) is 11.5 Å². The van der Waals surface area contributed by atoms with E-state index in [1.165, 1.54) is 11.1 Å². The van der Waals surface area contributed by atoms with E-state index in [4.69, 9.17) is 5.73 Å². The van der Waals surface area contributed by atoms with Crippen LogP contribution in [0.15, 0.2) is 110 Å². The summed E-state index contributed by atoms with van der Waals surface area (Å²) in [7, 11) is 0. The third-order valence-corrected chi connectivity index (χ3v) is 6.04. The van der Waals surface area contributed by atoms with Gasteiger partial charge >= 0.3 is 0 Å². The van der Waals surface area contributed by atoms with Crippen molar-refractivity contribution in [3.8, 4) is 0 Å². The van der Waals surface area contributed by atoms with Gasteiger partial charge in [-0.25, -0.2) is 9.97 Å². The maximum atomic E-state index is 5.61. The zero-order chi connectivity index (χ0) is 24.9. The fourth-order valence-electron chi connectivity index (χ4n) is 3.96. The monoisotopic (exact) mass is 470 g/mol. The number of hydrogen-bond acceptors (Lipinski definition) is 5. The van der Waals surface area contributed by atoms with Crippen molar-refractivity contribution in [3.05, 3.63) is 121 Å². The summed E-state index contributed by atoms with van der Waals surface area (Å²) in [5.74, 6) is 0.538. The smallest absolute Gasteiger partial charge is 0.147 e. The second-order valence-electron chi connectivity index (χ2n) is 8.40. The molecule has 0 aliphatic heterocycles. The molecule has 0 bridgehead atoms. The van der Waals surface area contributed by atoms with Crippen molar-refractivity contribution in [1.29, 1.82) is 0 Å². The molecule has 2 N–H and O–H groups in total. The van der Waals surface area contributed by atoms with Gasteiger partial charge in [0.05, 0.1) is 22.1 Å². The van der Waals surface area contributed by atoms with Crippen LogP contribution in [-0.4, -0.2) is 24.3 Å². The zero-order valence-corrected chi connectivity index (χ0v) is 20.2. The predicted molar refractivity (Wildman–Crippen MR) is 148 cm³/mol. The Morgan fingerprint density at radius 3 is 1.92 bits per heavy atom. The molecule has 36 heavy (non-hydrogen) atoms. The molecule has 6 heteroatoms. The standard InChI is InChI=1S/C14H9N3.C8H7N3.C8H10/c1-2-6-13-12(5-1)16-14-10-4-3-8-15-11(10)7-9-17(13)14;9-8-6-2-1-4-10-7(6)3-5-11-8;1-7-5-3-4-6-8(7)2/h1-9H;1-5H,(H2,9,11);3-6H,1-2H3. The number of hydrogen-bond donors (Lipinski definition) is 1. The maximum absolute atomic E-state index is 5.61. The van der Waals surface area contributed by atoms with Gasteiger partial charge in [0.25, 0.3) is 0 Å². The molecule has 0 atom stereocenters. The first-order valence-electron chi connectivity index (χ1n) is 11.7. The van der Waals surface area contributed by atoms with Crippen molar-refractivity contribution in [2.75, 3.05) is 5.73 Å². The molecule has 0 radical (unpaired) electrons. The summed E-state index contributed by atoms with van der Waals surface area (Å²) >= 11 is 0. The molecular weight excluding hydrogens is 444 g/mol. The lowest BCUT2D eigenvalue weighted by Gasteiger charge is -1.99. The predicted octanol–water partition coefficient (Wildman–Crippen LogP) is 6.55. The van der Waals surface area contributed by atoms with E-state index < -0.39 is 0 Å². The summed E-state index contributed by atoms with van der Waals surface area (Å²) in [6.45, 7) is 4.24. The molecule has 5 aromatic heterocycles. The van der Waals surface area contributed by atoms with Gasteiger partial charge in [0.2, 0.25) is 0 Å². The van der Waals surface area contributed by atoms with Crippen molar-refractivity contribution < 1.29 is 0 Å². The van der Waals surface area contributed by atoms with Crippen LogP contribution < -0.4 is 5.73 Å². The topological polar surface area (TPSA) is 82.0 Å². The van der Waals surface area contributed by atoms with E-state index in [0.29, 0.717) is 5.82 Å². The molecule has 0 amide bonds. The van der Waals surface area contributed by atoms with Crippen LogP contribution in [0.3, 0.4) is 0 Å². The van der Waals surface area contributed by atoms with Crippen LogP contribution in [0.2, 0.25) is 0 Å². The van der Waals surface area contributed by atoms with Crippen LogP contribution in [0.4, 0.5) is 5.82 Å². The lowest BCUT2D eigenvalue weighted by atomic mass is 10.1. The Balaban J connectivity index is 0.000000121. The maximum Gasteiger partial charge on any atom is 0.147 e. The van der Waals surface area contributed by atoms with Crippen molar-refractivity contribution in [2.24, 2.45) is 0 Å². The molecule has 0 fully saturated rings. The molecule has 6 nitrogen and oxygen atoms in total. The molecule has 0 aliphatic rings. The Kier molecular flexibility index (Phi) is 6.49. The number of aryl methyl sites for hydroxylation is 2. The van der Waals surface area contributed by atoms with Crippen LogP contribution in [0, 0.1) is 13.8 Å². The minimum atomic E-state index is 0.538. The number of benzene rings is 2. The molecule has 7 rings (SSSR count). The summed E-state index contributed by atoms with van der Waals surface area (Å²) in [6.07, 6.45) is 7.23. The molecular formula is C30H26N6. The summed E-state index contributed by atoms with van der Waals surface area (Å²) in [5, 5.41) is 2.00. The highest BCUT2D eigenvalue weighted by atomic mass is 15.0. The van der Waals surface area contributed by atoms with Gasteiger partial charge in [0, 0.05) is 35.6 Å². The number of nitrogens with two attached hydrogens (primary N) is 1. The number of imidazole rings is 1. The summed E-state index contributed by atoms with van der Waals surface area (Å²) < 4.78 is 2.11. The number of aromatic nitrogens is 5. The van der Waals surface area contributed by atoms with Crippen molar-refractivity contribution in [1.82, 2.24) is 24.3 Å². The Labute approximate surface area is 209 Å². The minimum absolute atomic E-state index is 0.538. The van der Waals surface area contributed by atoms with Gasteiger partial charge < -0.3 is 5.73 Å². The lowest BCUT2D eigenvalue weighted by Crippen LogP contribution is -1.90. The zero-order valence-electron chi connectivity index (χ0n) is 20.2. The highest BCUT2D eigenvalue weighted by Gasteiger charge is 2.06. The first kappa shape index (κ1) is 22.9. The third kappa shape index (κ3) is 4.70. The fourth-order valence-corrected chi connectivity index (χ4v) is 3.96. The largest absolute Gasteiger partial charge is 0.383 e. The number of nitrogen functional groups attached to an aromatic ring is 1. The Morgan fingerprint density at radius 1 is 0.583 bits per heavy atom. The molecule has 0 saturated carbocycles. The number of pyridine rings is 4. The number of fused-ring (bicyclic) bond motifs is 6. The van der Waals surface area contributed by atoms with Crippen LogP contribution in [0.1, 0.15) is 11.1 Å². The molecule has 0 spiro atoms. The Morgan fingerprint density at radius 2 is 1.22 bits per heavy atom. The Bertz CT molecular complexity index is 1760. The van der Waals surface area contributed by atoms with Gasteiger partial charge in [-0.2, -0.15) is 0 Å². The van der Waals surface area contributed by atoms with E-state index in [1.54, 1.807) is 12.4 Å². The number of anilines is 1. The van der Waals surface area contributed by atoms with Crippen LogP contribution in [0.5, 0.6) is 0 Å². The molecule has 0 aliphatic carbocycles. The summed E-state index contributed by atoms with van der Waals surface area (Å²) in [6, 6.07) is 28.1. The fraction of sp³-hybridized carbons (Fsp3) is 0.0667. The number of rotatable bonds is 0. The Hall–Kier alpha value is -4.84. The molecule has 2 aromatic carbocycles. The molecule has 176 valence electrons. The van der Waals surface area contributed by atoms with Gasteiger partial charge in [-0.3, -0.25) is 14.4 Å². The molecule has 0 saturated heterocycles. The van der Waals surface area contributed by atoms with Gasteiger partial charge in [0.15, 0.2) is 0 Å². The van der Waals surface area contributed by atoms with E-state index in [1.807, 2.05) is 60.9 Å². The number of para-hydroxylation sites is 2. The average molecular weight is 471 g/mol. The minimum Gasteiger partial charge on any atom is -0.383 e. The summed E-state index contributed by atoms with van der Waals surface area (Å²) in [5.41, 5.74) is 13.3. The normalized spacial score (nSPS) is 10.6. The highest BCUT2D eigenvalue weighted by Crippen LogP contribution is 2.22. The first-order chi connectivity index (χ1) is 17.6. The second-order valence-corrected chi connectivity index (χ2v) is 8.40. The van der Waals surface area contributed by atoms with Crippen molar-refractivity contribution in [3.63, 3.8) is 0 Å². The van der Waals surface area contributed by atoms with E-state index in [2.05, 4.69) is 74.6 Å². The molecule has 5 heterocycles. The summed E-state index contributed by atoms with van der Waals surface area (Å²) in [4.78, 5) is 17.1. The quantitative estimate of drug-likeness (QED) is 0.272. The second kappa shape index (κ2) is 10.2. The van der Waals surface area contributed by atoms with E-state index in [9.17, 15) is 0 Å². The van der Waals surface area contributed by atoms with Crippen LogP contribution in [0.25, 0.3) is 38.5 Å².